The zero-order valence-electron chi connectivity index (χ0n) is 35.4. The number of methoxy groups -OCH3 is 2. The van der Waals surface area contributed by atoms with Gasteiger partial charge < -0.3 is 14.2 Å². The summed E-state index contributed by atoms with van der Waals surface area (Å²) in [6.45, 7) is 4.96. The second-order valence-corrected chi connectivity index (χ2v) is 18.1. The molecule has 0 N–H and O–H groups in total. The molecule has 0 heterocycles. The van der Waals surface area contributed by atoms with Crippen LogP contribution in [0, 0.1) is 70.6 Å². The number of rotatable bonds is 16. The van der Waals surface area contributed by atoms with Crippen LogP contribution in [0.1, 0.15) is 153 Å². The first-order chi connectivity index (χ1) is 27.8. The molecule has 0 aromatic heterocycles. The molecule has 0 radical (unpaired) electrons. The summed E-state index contributed by atoms with van der Waals surface area (Å²) >= 11 is 0. The summed E-state index contributed by atoms with van der Waals surface area (Å²) in [5.74, 6) is 0.963. The van der Waals surface area contributed by atoms with E-state index in [2.05, 4.69) is 13.8 Å². The highest BCUT2D eigenvalue weighted by Gasteiger charge is 2.35. The van der Waals surface area contributed by atoms with Crippen LogP contribution in [0.3, 0.4) is 0 Å². The normalized spacial score (nSPS) is 29.0. The Morgan fingerprint density at radius 1 is 0.491 bits per heavy atom. The van der Waals surface area contributed by atoms with Crippen LogP contribution in [0.4, 0.5) is 17.6 Å². The number of hydrogen-bond acceptors (Lipinski definition) is 3. The third-order valence-electron chi connectivity index (χ3n) is 14.9. The van der Waals surface area contributed by atoms with Crippen molar-refractivity contribution >= 4 is 11.1 Å². The topological polar surface area (TPSA) is 27.7 Å². The standard InChI is InChI=1S/C50H70F4O3/c1-5-7-33-9-13-35(14-10-33)37-17-21-39(22-18-37)41(43-25-27-45(55-3)49(53)47(43)51)29-31-57-32-30-42(44-26-28-46(56-4)50(54)48(44)52)40-23-19-38(20-24-40)36-15-11-34(8-6-2)12-16-36/h25-30,33-40H,5-24,31-32H2,1-4H3/t33-,34-,35-,36-,37-,38-,39-,40-. The van der Waals surface area contributed by atoms with Crippen molar-refractivity contribution in [1.29, 1.82) is 0 Å². The number of ether oxygens (including phenoxy) is 3. The smallest absolute Gasteiger partial charge is 0.201 e. The molecule has 0 spiro atoms. The molecular weight excluding hydrogens is 725 g/mol. The van der Waals surface area contributed by atoms with E-state index in [0.29, 0.717) is 11.8 Å². The Labute approximate surface area is 341 Å². The molecule has 0 unspecified atom stereocenters. The van der Waals surface area contributed by atoms with Gasteiger partial charge in [-0.25, -0.2) is 8.78 Å². The SMILES string of the molecule is CCC[C@H]1CC[C@H]([C@H]2CC[C@H](C(=CCOCC=C(c3ccc(OC)c(F)c3F)[C@H]3CC[C@H]([C@H]4CC[C@H](CCC)CC4)CC3)c3ccc(OC)c(F)c3F)CC2)CC1. The summed E-state index contributed by atoms with van der Waals surface area (Å²) in [5.41, 5.74) is 2.11. The molecule has 2 aromatic rings. The average Bonchev–Trinajstić information content (AvgIpc) is 3.24. The molecule has 0 aliphatic heterocycles. The highest BCUT2D eigenvalue weighted by Crippen LogP contribution is 2.47. The summed E-state index contributed by atoms with van der Waals surface area (Å²) in [6.07, 6.45) is 27.9. The van der Waals surface area contributed by atoms with Crippen LogP contribution in [-0.4, -0.2) is 27.4 Å². The van der Waals surface area contributed by atoms with Gasteiger partial charge in [0.05, 0.1) is 27.4 Å². The quantitative estimate of drug-likeness (QED) is 0.125. The van der Waals surface area contributed by atoms with E-state index in [1.54, 1.807) is 12.1 Å². The van der Waals surface area contributed by atoms with Gasteiger partial charge in [0.1, 0.15) is 0 Å². The lowest BCUT2D eigenvalue weighted by Crippen LogP contribution is -2.26. The van der Waals surface area contributed by atoms with E-state index in [0.717, 1.165) is 86.2 Å². The Hall–Kier alpha value is -2.80. The van der Waals surface area contributed by atoms with Crippen LogP contribution in [-0.2, 0) is 4.74 Å². The molecule has 4 fully saturated rings. The van der Waals surface area contributed by atoms with Crippen LogP contribution < -0.4 is 9.47 Å². The summed E-state index contributed by atoms with van der Waals surface area (Å²) < 4.78 is 78.0. The number of allylic oxidation sites excluding steroid dienone is 2. The van der Waals surface area contributed by atoms with Gasteiger partial charge in [-0.1, -0.05) is 77.4 Å². The van der Waals surface area contributed by atoms with Gasteiger partial charge in [0.25, 0.3) is 0 Å². The molecule has 0 bridgehead atoms. The fourth-order valence-electron chi connectivity index (χ4n) is 11.7. The van der Waals surface area contributed by atoms with Gasteiger partial charge in [-0.05, 0) is 160 Å². The lowest BCUT2D eigenvalue weighted by Gasteiger charge is -2.38. The van der Waals surface area contributed by atoms with Gasteiger partial charge in [0.2, 0.25) is 11.6 Å². The van der Waals surface area contributed by atoms with Crippen LogP contribution in [0.15, 0.2) is 36.4 Å². The number of halogens is 4. The van der Waals surface area contributed by atoms with Gasteiger partial charge in [-0.15, -0.1) is 0 Å². The first-order valence-corrected chi connectivity index (χ1v) is 22.8. The van der Waals surface area contributed by atoms with Crippen molar-refractivity contribution in [3.8, 4) is 11.5 Å². The van der Waals surface area contributed by atoms with E-state index in [4.69, 9.17) is 14.2 Å². The summed E-state index contributed by atoms with van der Waals surface area (Å²) in [5, 5.41) is 0. The van der Waals surface area contributed by atoms with Crippen molar-refractivity contribution in [1.82, 2.24) is 0 Å². The zero-order valence-corrected chi connectivity index (χ0v) is 35.4. The summed E-state index contributed by atoms with van der Waals surface area (Å²) in [7, 11) is 2.69. The van der Waals surface area contributed by atoms with Crippen molar-refractivity contribution in [2.24, 2.45) is 47.3 Å². The van der Waals surface area contributed by atoms with Crippen LogP contribution >= 0.6 is 0 Å². The largest absolute Gasteiger partial charge is 0.494 e. The van der Waals surface area contributed by atoms with Crippen molar-refractivity contribution in [2.45, 2.75) is 142 Å². The van der Waals surface area contributed by atoms with Gasteiger partial charge in [0, 0.05) is 11.1 Å². The van der Waals surface area contributed by atoms with Gasteiger partial charge in [0.15, 0.2) is 23.1 Å². The number of benzene rings is 2. The van der Waals surface area contributed by atoms with E-state index < -0.39 is 23.3 Å². The lowest BCUT2D eigenvalue weighted by molar-refractivity contribution is 0.153. The van der Waals surface area contributed by atoms with E-state index in [1.807, 2.05) is 12.2 Å². The minimum Gasteiger partial charge on any atom is -0.494 e. The third kappa shape index (κ3) is 10.9. The molecule has 7 heteroatoms. The van der Waals surface area contributed by atoms with E-state index in [-0.39, 0.29) is 47.7 Å². The van der Waals surface area contributed by atoms with Crippen LogP contribution in [0.2, 0.25) is 0 Å². The van der Waals surface area contributed by atoms with Crippen LogP contribution in [0.5, 0.6) is 11.5 Å². The molecule has 2 aromatic carbocycles. The van der Waals surface area contributed by atoms with Crippen molar-refractivity contribution in [2.75, 3.05) is 27.4 Å². The average molecular weight is 795 g/mol. The highest BCUT2D eigenvalue weighted by molar-refractivity contribution is 5.70. The Balaban J connectivity index is 1.15. The molecule has 316 valence electrons. The predicted molar refractivity (Wildman–Crippen MR) is 224 cm³/mol. The maximum absolute atomic E-state index is 15.7. The summed E-state index contributed by atoms with van der Waals surface area (Å²) in [6, 6.07) is 6.28. The summed E-state index contributed by atoms with van der Waals surface area (Å²) in [4.78, 5) is 0. The second-order valence-electron chi connectivity index (χ2n) is 18.1. The van der Waals surface area contributed by atoms with Crippen molar-refractivity contribution in [3.63, 3.8) is 0 Å². The Kier molecular flexibility index (Phi) is 16.5. The fourth-order valence-corrected chi connectivity index (χ4v) is 11.7. The van der Waals surface area contributed by atoms with Crippen molar-refractivity contribution in [3.05, 3.63) is 70.8 Å². The molecule has 4 aliphatic carbocycles. The first kappa shape index (κ1) is 43.8. The van der Waals surface area contributed by atoms with Gasteiger partial charge in [-0.3, -0.25) is 0 Å². The number of hydrogen-bond donors (Lipinski definition) is 0. The zero-order chi connectivity index (χ0) is 40.3. The molecule has 0 saturated heterocycles. The molecule has 57 heavy (non-hydrogen) atoms. The monoisotopic (exact) mass is 795 g/mol. The Morgan fingerprint density at radius 2 is 0.825 bits per heavy atom. The highest BCUT2D eigenvalue weighted by atomic mass is 19.2. The minimum atomic E-state index is -0.973. The minimum absolute atomic E-state index is 0.0999. The first-order valence-electron chi connectivity index (χ1n) is 22.8. The Morgan fingerprint density at radius 3 is 1.14 bits per heavy atom. The molecular formula is C50H70F4O3. The van der Waals surface area contributed by atoms with Crippen molar-refractivity contribution < 1.29 is 31.8 Å². The molecule has 0 atom stereocenters. The predicted octanol–water partition coefficient (Wildman–Crippen LogP) is 14.6. The molecule has 0 amide bonds. The van der Waals surface area contributed by atoms with E-state index in [1.165, 1.54) is 103 Å². The second kappa shape index (κ2) is 21.5. The lowest BCUT2D eigenvalue weighted by atomic mass is 9.67. The fraction of sp³-hybridized carbons (Fsp3) is 0.680. The maximum Gasteiger partial charge on any atom is 0.201 e. The van der Waals surface area contributed by atoms with E-state index >= 15 is 17.6 Å². The molecule has 4 saturated carbocycles. The van der Waals surface area contributed by atoms with Gasteiger partial charge in [-0.2, -0.15) is 8.78 Å². The van der Waals surface area contributed by atoms with E-state index in [9.17, 15) is 0 Å². The molecule has 6 rings (SSSR count). The third-order valence-corrected chi connectivity index (χ3v) is 14.9. The van der Waals surface area contributed by atoms with Gasteiger partial charge >= 0.3 is 0 Å². The molecule has 4 aliphatic rings. The maximum atomic E-state index is 15.7. The Bertz CT molecular complexity index is 1500. The molecule has 3 nitrogen and oxygen atoms in total. The van der Waals surface area contributed by atoms with Crippen LogP contribution in [0.25, 0.3) is 11.1 Å².